The number of Topliss-reactive ketones (excluding diaryl/α,β-unsaturated/α-hetero) is 1. The number of anilines is 1. The molecule has 11 nitrogen and oxygen atoms in total. The van der Waals surface area contributed by atoms with E-state index in [1.54, 1.807) is 29.9 Å². The van der Waals surface area contributed by atoms with Gasteiger partial charge in [0.25, 0.3) is 5.91 Å². The average molecular weight is 681 g/mol. The number of alkyl halides is 1. The monoisotopic (exact) mass is 680 g/mol. The Kier molecular flexibility index (Phi) is 10.7. The van der Waals surface area contributed by atoms with Gasteiger partial charge in [0, 0.05) is 43.1 Å². The quantitative estimate of drug-likeness (QED) is 0.224. The maximum Gasteiger partial charge on any atom is 0.340 e. The largest absolute Gasteiger partial charge is 0.479 e. The van der Waals surface area contributed by atoms with Crippen molar-refractivity contribution in [3.63, 3.8) is 0 Å². The lowest BCUT2D eigenvalue weighted by Crippen LogP contribution is -2.49. The third-order valence-corrected chi connectivity index (χ3v) is 9.96. The van der Waals surface area contributed by atoms with Crippen molar-refractivity contribution in [3.05, 3.63) is 64.2 Å². The highest BCUT2D eigenvalue weighted by Crippen LogP contribution is 2.40. The second kappa shape index (κ2) is 14.4. The van der Waals surface area contributed by atoms with Crippen molar-refractivity contribution < 1.29 is 28.6 Å². The van der Waals surface area contributed by atoms with Gasteiger partial charge < -0.3 is 14.4 Å². The van der Waals surface area contributed by atoms with Gasteiger partial charge in [-0.05, 0) is 92.8 Å². The number of piperidine rings is 1. The number of aromatic nitrogens is 4. The summed E-state index contributed by atoms with van der Waals surface area (Å²) in [6.07, 6.45) is 4.83. The van der Waals surface area contributed by atoms with Crippen LogP contribution in [-0.2, 0) is 41.5 Å². The molecule has 1 N–H and O–H groups in total. The Morgan fingerprint density at radius 2 is 1.94 bits per heavy atom. The molecule has 3 aliphatic rings. The number of halogens is 1. The molecule has 13 heteroatoms. The maximum absolute atomic E-state index is 14.0. The fourth-order valence-electron chi connectivity index (χ4n) is 6.39. The standard InChI is InChI=1S/C31H38N6O3S.C4H7FO2/c1-5-41-29-12-23(31(17-40-18-31)13-28-34-32-19-35(28)4)11-27(33-29)37-16-26-24(21(3)38)9-22(10-25(26)30(37)39)15-36-8-6-7-20(2)14-36;1-4(2,5)3(6)7/h9-12,19-20H,5-8,13-18H2,1-4H3;1-2H3,(H,6,7)/t20-;/m0./s1. The number of likely N-dealkylation sites (tertiary alicyclic amines) is 1. The number of nitrogens with zero attached hydrogens (tertiary/aromatic N) is 6. The molecule has 2 saturated heterocycles. The topological polar surface area (TPSA) is 131 Å². The minimum absolute atomic E-state index is 0.0112. The summed E-state index contributed by atoms with van der Waals surface area (Å²) in [6.45, 7) is 12.3. The van der Waals surface area contributed by atoms with E-state index in [2.05, 4.69) is 35.0 Å². The van der Waals surface area contributed by atoms with Gasteiger partial charge in [0.15, 0.2) is 5.78 Å². The summed E-state index contributed by atoms with van der Waals surface area (Å²) in [5, 5.41) is 17.1. The maximum atomic E-state index is 14.0. The van der Waals surface area contributed by atoms with E-state index in [1.807, 2.05) is 29.8 Å². The molecule has 0 spiro atoms. The van der Waals surface area contributed by atoms with Crippen LogP contribution < -0.4 is 4.90 Å². The molecule has 3 aliphatic heterocycles. The minimum atomic E-state index is -2.08. The molecule has 5 heterocycles. The SMILES string of the molecule is CC(C)(F)C(=O)O.CCSc1cc(C2(Cc3nncn3C)COC2)cc(N2Cc3c(C(C)=O)cc(CN4CCC[C@H](C)C4)cc3C2=O)n1. The number of aryl methyl sites for hydroxylation is 1. The molecule has 0 aliphatic carbocycles. The number of hydrogen-bond donors (Lipinski definition) is 1. The first kappa shape index (κ1) is 35.6. The number of carboxylic acids is 1. The van der Waals surface area contributed by atoms with E-state index in [4.69, 9.17) is 14.8 Å². The molecule has 0 saturated carbocycles. The number of pyridine rings is 1. The van der Waals surface area contributed by atoms with Crippen molar-refractivity contribution in [1.29, 1.82) is 0 Å². The fraction of sp³-hybridized carbons (Fsp3) is 0.543. The molecule has 1 amide bonds. The van der Waals surface area contributed by atoms with Crippen LogP contribution in [0.15, 0.2) is 35.6 Å². The van der Waals surface area contributed by atoms with E-state index in [0.29, 0.717) is 49.0 Å². The van der Waals surface area contributed by atoms with Gasteiger partial charge in [-0.15, -0.1) is 22.0 Å². The number of ketones is 1. The molecule has 3 aromatic rings. The van der Waals surface area contributed by atoms with Crippen molar-refractivity contribution in [2.24, 2.45) is 13.0 Å². The molecule has 2 fully saturated rings. The Morgan fingerprint density at radius 1 is 1.21 bits per heavy atom. The van der Waals surface area contributed by atoms with Crippen LogP contribution in [0.5, 0.6) is 0 Å². The van der Waals surface area contributed by atoms with Crippen LogP contribution in [0.25, 0.3) is 0 Å². The van der Waals surface area contributed by atoms with Crippen molar-refractivity contribution in [1.82, 2.24) is 24.6 Å². The Labute approximate surface area is 285 Å². The smallest absolute Gasteiger partial charge is 0.340 e. The van der Waals surface area contributed by atoms with Crippen LogP contribution in [0.3, 0.4) is 0 Å². The third-order valence-electron chi connectivity index (χ3n) is 9.16. The number of aliphatic carboxylic acids is 1. The Balaban J connectivity index is 0.000000582. The number of carboxylic acid groups (broad SMARTS) is 1. The van der Waals surface area contributed by atoms with Gasteiger partial charge in [-0.2, -0.15) is 0 Å². The number of benzene rings is 1. The van der Waals surface area contributed by atoms with Crippen LogP contribution in [0, 0.1) is 5.92 Å². The van der Waals surface area contributed by atoms with Crippen molar-refractivity contribution in [2.75, 3.05) is 37.0 Å². The first-order valence-corrected chi connectivity index (χ1v) is 17.4. The summed E-state index contributed by atoms with van der Waals surface area (Å²) >= 11 is 1.66. The summed E-state index contributed by atoms with van der Waals surface area (Å²) in [5.74, 6) is 1.50. The number of fused-ring (bicyclic) bond motifs is 1. The highest BCUT2D eigenvalue weighted by Gasteiger charge is 2.43. The van der Waals surface area contributed by atoms with Crippen molar-refractivity contribution >= 4 is 35.2 Å². The van der Waals surface area contributed by atoms with E-state index in [9.17, 15) is 18.8 Å². The van der Waals surface area contributed by atoms with Crippen LogP contribution in [-0.4, -0.2) is 85.1 Å². The molecule has 258 valence electrons. The molecule has 0 unspecified atom stereocenters. The van der Waals surface area contributed by atoms with Gasteiger partial charge in [-0.25, -0.2) is 14.2 Å². The van der Waals surface area contributed by atoms with Gasteiger partial charge in [-0.1, -0.05) is 13.8 Å². The molecule has 1 atom stereocenters. The number of amides is 1. The van der Waals surface area contributed by atoms with Gasteiger partial charge >= 0.3 is 5.97 Å². The first-order chi connectivity index (χ1) is 22.7. The predicted molar refractivity (Wildman–Crippen MR) is 181 cm³/mol. The van der Waals surface area contributed by atoms with Crippen LogP contribution in [0.2, 0.25) is 0 Å². The molecular weight excluding hydrogens is 635 g/mol. The van der Waals surface area contributed by atoms with E-state index < -0.39 is 11.6 Å². The van der Waals surface area contributed by atoms with Gasteiger partial charge in [0.1, 0.15) is 18.0 Å². The third kappa shape index (κ3) is 7.79. The zero-order valence-corrected chi connectivity index (χ0v) is 29.4. The summed E-state index contributed by atoms with van der Waals surface area (Å²) < 4.78 is 19.6. The number of rotatable bonds is 10. The minimum Gasteiger partial charge on any atom is -0.479 e. The zero-order chi connectivity index (χ0) is 34.8. The lowest BCUT2D eigenvalue weighted by molar-refractivity contribution is -0.148. The molecular formula is C35H45FN6O5S. The summed E-state index contributed by atoms with van der Waals surface area (Å²) in [5.41, 5.74) is 1.83. The second-order valence-corrected chi connectivity index (χ2v) is 15.0. The number of carbonyl (C=O) groups is 3. The van der Waals surface area contributed by atoms with Crippen LogP contribution in [0.4, 0.5) is 10.2 Å². The average Bonchev–Trinajstić information content (AvgIpc) is 3.56. The Hall–Kier alpha value is -3.68. The highest BCUT2D eigenvalue weighted by molar-refractivity contribution is 7.99. The molecule has 0 radical (unpaired) electrons. The second-order valence-electron chi connectivity index (χ2n) is 13.7. The number of ether oxygens (including phenoxy) is 1. The summed E-state index contributed by atoms with van der Waals surface area (Å²) in [7, 11) is 1.95. The number of carbonyl (C=O) groups excluding carboxylic acids is 2. The lowest BCUT2D eigenvalue weighted by atomic mass is 9.76. The number of hydrogen-bond acceptors (Lipinski definition) is 9. The summed E-state index contributed by atoms with van der Waals surface area (Å²) in [6, 6.07) is 8.17. The Bertz CT molecular complexity index is 1680. The summed E-state index contributed by atoms with van der Waals surface area (Å²) in [4.78, 5) is 45.6. The Morgan fingerprint density at radius 3 is 2.50 bits per heavy atom. The van der Waals surface area contributed by atoms with E-state index in [1.165, 1.54) is 12.8 Å². The van der Waals surface area contributed by atoms with E-state index in [0.717, 1.165) is 66.8 Å². The molecule has 1 aromatic carbocycles. The van der Waals surface area contributed by atoms with Gasteiger partial charge in [0.2, 0.25) is 5.67 Å². The van der Waals surface area contributed by atoms with E-state index in [-0.39, 0.29) is 17.1 Å². The fourth-order valence-corrected chi connectivity index (χ4v) is 7.06. The van der Waals surface area contributed by atoms with Gasteiger partial charge in [-0.3, -0.25) is 19.4 Å². The molecule has 0 bridgehead atoms. The first-order valence-electron chi connectivity index (χ1n) is 16.4. The predicted octanol–water partition coefficient (Wildman–Crippen LogP) is 5.25. The number of thioether (sulfide) groups is 1. The zero-order valence-electron chi connectivity index (χ0n) is 28.6. The highest BCUT2D eigenvalue weighted by atomic mass is 32.2. The van der Waals surface area contributed by atoms with Gasteiger partial charge in [0.05, 0.1) is 24.8 Å². The molecule has 6 rings (SSSR count). The normalized spacial score (nSPS) is 18.9. The molecule has 2 aromatic heterocycles. The van der Waals surface area contributed by atoms with Crippen LogP contribution in [0.1, 0.15) is 90.7 Å². The van der Waals surface area contributed by atoms with Crippen molar-refractivity contribution in [3.8, 4) is 0 Å². The van der Waals surface area contributed by atoms with Crippen LogP contribution >= 0.6 is 11.8 Å². The van der Waals surface area contributed by atoms with E-state index >= 15 is 0 Å². The van der Waals surface area contributed by atoms with Crippen molar-refractivity contribution in [2.45, 2.75) is 83.1 Å². The lowest BCUT2D eigenvalue weighted by Gasteiger charge is -2.42. The molecule has 48 heavy (non-hydrogen) atoms.